The summed E-state index contributed by atoms with van der Waals surface area (Å²) in [4.78, 5) is 15.1. The molecule has 0 unspecified atom stereocenters. The van der Waals surface area contributed by atoms with Crippen LogP contribution in [0.1, 0.15) is 28.0 Å². The van der Waals surface area contributed by atoms with E-state index in [1.165, 1.54) is 17.7 Å². The predicted octanol–water partition coefficient (Wildman–Crippen LogP) is 3.20. The Kier molecular flexibility index (Phi) is 3.10. The van der Waals surface area contributed by atoms with Gasteiger partial charge in [0.1, 0.15) is 11.6 Å². The fourth-order valence-electron chi connectivity index (χ4n) is 2.31. The highest BCUT2D eigenvalue weighted by Crippen LogP contribution is 2.26. The van der Waals surface area contributed by atoms with Crippen LogP contribution in [0.5, 0.6) is 11.6 Å². The predicted molar refractivity (Wildman–Crippen MR) is 69.7 cm³/mol. The van der Waals surface area contributed by atoms with Crippen LogP contribution in [0.4, 0.5) is 4.39 Å². The van der Waals surface area contributed by atoms with E-state index < -0.39 is 11.8 Å². The number of aryl methyl sites for hydroxylation is 2. The third-order valence-electron chi connectivity index (χ3n) is 3.30. The van der Waals surface area contributed by atoms with E-state index in [2.05, 4.69) is 4.98 Å². The molecule has 20 heavy (non-hydrogen) atoms. The van der Waals surface area contributed by atoms with Gasteiger partial charge in [-0.2, -0.15) is 0 Å². The molecular weight excluding hydrogens is 261 g/mol. The van der Waals surface area contributed by atoms with Gasteiger partial charge in [-0.3, -0.25) is 0 Å². The first-order chi connectivity index (χ1) is 9.63. The first-order valence-corrected chi connectivity index (χ1v) is 6.33. The van der Waals surface area contributed by atoms with Gasteiger partial charge >= 0.3 is 5.97 Å². The lowest BCUT2D eigenvalue weighted by Gasteiger charge is -2.07. The number of carboxylic acid groups (broad SMARTS) is 1. The van der Waals surface area contributed by atoms with E-state index in [1.807, 2.05) is 6.07 Å². The van der Waals surface area contributed by atoms with E-state index in [0.29, 0.717) is 5.88 Å². The van der Waals surface area contributed by atoms with Crippen molar-refractivity contribution < 1.29 is 19.0 Å². The highest BCUT2D eigenvalue weighted by molar-refractivity contribution is 5.88. The van der Waals surface area contributed by atoms with Gasteiger partial charge in [0.15, 0.2) is 0 Å². The Morgan fingerprint density at radius 3 is 2.85 bits per heavy atom. The van der Waals surface area contributed by atoms with Gasteiger partial charge in [0, 0.05) is 17.8 Å². The topological polar surface area (TPSA) is 59.4 Å². The summed E-state index contributed by atoms with van der Waals surface area (Å²) in [6.07, 6.45) is 3.05. The van der Waals surface area contributed by atoms with Crippen LogP contribution in [0, 0.1) is 5.82 Å². The second-order valence-corrected chi connectivity index (χ2v) is 4.66. The average molecular weight is 273 g/mol. The molecule has 1 aliphatic carbocycles. The number of carboxylic acids is 1. The maximum Gasteiger partial charge on any atom is 0.338 e. The number of aromatic carboxylic acids is 1. The number of fused-ring (bicyclic) bond motifs is 1. The summed E-state index contributed by atoms with van der Waals surface area (Å²) in [7, 11) is 0. The van der Waals surface area contributed by atoms with Crippen LogP contribution in [0.25, 0.3) is 0 Å². The molecular formula is C15H12FNO3. The lowest BCUT2D eigenvalue weighted by atomic mass is 10.2. The molecule has 0 fully saturated rings. The fraction of sp³-hybridized carbons (Fsp3) is 0.200. The number of nitrogens with zero attached hydrogens (tertiary/aromatic N) is 1. The third kappa shape index (κ3) is 2.34. The van der Waals surface area contributed by atoms with Crippen LogP contribution < -0.4 is 4.74 Å². The number of pyridine rings is 1. The fourth-order valence-corrected chi connectivity index (χ4v) is 2.31. The number of hydrogen-bond acceptors (Lipinski definition) is 3. The zero-order chi connectivity index (χ0) is 14.1. The average Bonchev–Trinajstić information content (AvgIpc) is 2.85. The van der Waals surface area contributed by atoms with E-state index in [1.54, 1.807) is 6.07 Å². The largest absolute Gasteiger partial charge is 0.478 e. The van der Waals surface area contributed by atoms with Crippen LogP contribution >= 0.6 is 0 Å². The van der Waals surface area contributed by atoms with Crippen molar-refractivity contribution in [2.75, 3.05) is 0 Å². The zero-order valence-corrected chi connectivity index (χ0v) is 10.6. The van der Waals surface area contributed by atoms with E-state index in [9.17, 15) is 9.18 Å². The molecule has 0 radical (unpaired) electrons. The Balaban J connectivity index is 1.84. The first kappa shape index (κ1) is 12.6. The minimum absolute atomic E-state index is 0.234. The standard InChI is InChI=1S/C15H12FNO3/c16-12-8-10(5-6-11(12)15(18)19)20-14-7-4-9-2-1-3-13(9)17-14/h4-8H,1-3H2,(H,18,19). The van der Waals surface area contributed by atoms with Crippen molar-refractivity contribution in [3.8, 4) is 11.6 Å². The summed E-state index contributed by atoms with van der Waals surface area (Å²) in [5, 5.41) is 8.76. The molecule has 1 heterocycles. The lowest BCUT2D eigenvalue weighted by Crippen LogP contribution is -2.00. The number of aromatic nitrogens is 1. The molecule has 1 aromatic heterocycles. The van der Waals surface area contributed by atoms with Gasteiger partial charge in [-0.25, -0.2) is 14.2 Å². The molecule has 0 bridgehead atoms. The molecule has 1 N–H and O–H groups in total. The van der Waals surface area contributed by atoms with Crippen LogP contribution in [0.3, 0.4) is 0 Å². The molecule has 0 aliphatic heterocycles. The van der Waals surface area contributed by atoms with Crippen molar-refractivity contribution in [3.05, 3.63) is 53.0 Å². The van der Waals surface area contributed by atoms with Crippen molar-refractivity contribution in [1.29, 1.82) is 0 Å². The van der Waals surface area contributed by atoms with Gasteiger partial charge in [-0.05, 0) is 37.0 Å². The van der Waals surface area contributed by atoms with E-state index in [-0.39, 0.29) is 11.3 Å². The van der Waals surface area contributed by atoms with Crippen molar-refractivity contribution in [3.63, 3.8) is 0 Å². The van der Waals surface area contributed by atoms with Gasteiger partial charge < -0.3 is 9.84 Å². The minimum atomic E-state index is -1.30. The van der Waals surface area contributed by atoms with Crippen LogP contribution in [-0.2, 0) is 12.8 Å². The van der Waals surface area contributed by atoms with Gasteiger partial charge in [-0.15, -0.1) is 0 Å². The second-order valence-electron chi connectivity index (χ2n) is 4.66. The maximum absolute atomic E-state index is 13.5. The summed E-state index contributed by atoms with van der Waals surface area (Å²) in [6, 6.07) is 7.36. The minimum Gasteiger partial charge on any atom is -0.478 e. The lowest BCUT2D eigenvalue weighted by molar-refractivity contribution is 0.0692. The molecule has 1 aliphatic rings. The van der Waals surface area contributed by atoms with Gasteiger partial charge in [0.25, 0.3) is 0 Å². The first-order valence-electron chi connectivity index (χ1n) is 6.33. The number of halogens is 1. The molecule has 1 aromatic carbocycles. The number of carbonyl (C=O) groups is 1. The number of ether oxygens (including phenoxy) is 1. The van der Waals surface area contributed by atoms with Gasteiger partial charge in [0.05, 0.1) is 5.56 Å². The quantitative estimate of drug-likeness (QED) is 0.932. The van der Waals surface area contributed by atoms with Crippen LogP contribution in [-0.4, -0.2) is 16.1 Å². The highest BCUT2D eigenvalue weighted by atomic mass is 19.1. The Labute approximate surface area is 114 Å². The monoisotopic (exact) mass is 273 g/mol. The third-order valence-corrected chi connectivity index (χ3v) is 3.30. The molecule has 3 rings (SSSR count). The highest BCUT2D eigenvalue weighted by Gasteiger charge is 2.14. The molecule has 4 nitrogen and oxygen atoms in total. The molecule has 0 spiro atoms. The summed E-state index contributed by atoms with van der Waals surface area (Å²) in [6.45, 7) is 0. The Morgan fingerprint density at radius 2 is 2.10 bits per heavy atom. The smallest absolute Gasteiger partial charge is 0.338 e. The van der Waals surface area contributed by atoms with Gasteiger partial charge in [0.2, 0.25) is 5.88 Å². The molecule has 5 heteroatoms. The number of benzene rings is 1. The summed E-state index contributed by atoms with van der Waals surface area (Å²) in [5.41, 5.74) is 1.87. The maximum atomic E-state index is 13.5. The molecule has 0 saturated carbocycles. The molecule has 2 aromatic rings. The van der Waals surface area contributed by atoms with Crippen LogP contribution in [0.2, 0.25) is 0 Å². The van der Waals surface area contributed by atoms with Crippen molar-refractivity contribution in [2.24, 2.45) is 0 Å². The number of rotatable bonds is 3. The van der Waals surface area contributed by atoms with E-state index in [0.717, 1.165) is 31.0 Å². The van der Waals surface area contributed by atoms with Crippen LogP contribution in [0.15, 0.2) is 30.3 Å². The zero-order valence-electron chi connectivity index (χ0n) is 10.6. The second kappa shape index (κ2) is 4.92. The molecule has 0 saturated heterocycles. The Morgan fingerprint density at radius 1 is 1.25 bits per heavy atom. The van der Waals surface area contributed by atoms with E-state index in [4.69, 9.17) is 9.84 Å². The van der Waals surface area contributed by atoms with Crippen molar-refractivity contribution in [2.45, 2.75) is 19.3 Å². The molecule has 102 valence electrons. The van der Waals surface area contributed by atoms with Crippen molar-refractivity contribution in [1.82, 2.24) is 4.98 Å². The SMILES string of the molecule is O=C(O)c1ccc(Oc2ccc3c(n2)CCC3)cc1F. The Bertz CT molecular complexity index is 685. The van der Waals surface area contributed by atoms with Gasteiger partial charge in [-0.1, -0.05) is 6.07 Å². The summed E-state index contributed by atoms with van der Waals surface area (Å²) >= 11 is 0. The van der Waals surface area contributed by atoms with Crippen molar-refractivity contribution >= 4 is 5.97 Å². The van der Waals surface area contributed by atoms with E-state index >= 15 is 0 Å². The summed E-state index contributed by atoms with van der Waals surface area (Å²) < 4.78 is 19.0. The summed E-state index contributed by atoms with van der Waals surface area (Å²) in [5.74, 6) is -1.49. The normalized spacial score (nSPS) is 13.1. The molecule has 0 amide bonds. The Hall–Kier alpha value is -2.43. The number of hydrogen-bond donors (Lipinski definition) is 1. The molecule has 0 atom stereocenters.